The van der Waals surface area contributed by atoms with Crippen LogP contribution in [0.1, 0.15) is 11.1 Å². The molecule has 0 atom stereocenters. The first kappa shape index (κ1) is 18.2. The van der Waals surface area contributed by atoms with Gasteiger partial charge >= 0.3 is 0 Å². The Morgan fingerprint density at radius 1 is 1.12 bits per heavy atom. The van der Waals surface area contributed by atoms with Gasteiger partial charge in [0.15, 0.2) is 6.61 Å². The fourth-order valence-corrected chi connectivity index (χ4v) is 2.14. The molecule has 2 rings (SSSR count). The minimum absolute atomic E-state index is 0.0371. The van der Waals surface area contributed by atoms with Crippen LogP contribution in [0.5, 0.6) is 5.75 Å². The molecule has 0 aliphatic heterocycles. The third kappa shape index (κ3) is 5.19. The average molecular weight is 362 g/mol. The number of nitrogens with one attached hydrogen (secondary N) is 2. The Labute approximate surface area is 148 Å². The maximum Gasteiger partial charge on any atom is 0.276 e. The van der Waals surface area contributed by atoms with Crippen molar-refractivity contribution in [1.29, 1.82) is 5.26 Å². The molecule has 0 spiro atoms. The highest BCUT2D eigenvalue weighted by Crippen LogP contribution is 2.19. The number of hydrazine groups is 1. The molecule has 6 nitrogen and oxygen atoms in total. The van der Waals surface area contributed by atoms with Crippen molar-refractivity contribution >= 4 is 23.4 Å². The quantitative estimate of drug-likeness (QED) is 0.798. The minimum Gasteiger partial charge on any atom is -0.482 e. The lowest BCUT2D eigenvalue weighted by Crippen LogP contribution is -2.44. The van der Waals surface area contributed by atoms with Gasteiger partial charge in [0.2, 0.25) is 5.91 Å². The van der Waals surface area contributed by atoms with Gasteiger partial charge in [-0.25, -0.2) is 4.39 Å². The van der Waals surface area contributed by atoms with E-state index >= 15 is 0 Å². The maximum atomic E-state index is 13.6. The average Bonchev–Trinajstić information content (AvgIpc) is 2.61. The van der Waals surface area contributed by atoms with Gasteiger partial charge in [0, 0.05) is 10.6 Å². The first-order chi connectivity index (χ1) is 12.0. The zero-order valence-electron chi connectivity index (χ0n) is 12.9. The van der Waals surface area contributed by atoms with Crippen LogP contribution in [0, 0.1) is 17.1 Å². The molecule has 8 heteroatoms. The van der Waals surface area contributed by atoms with Crippen molar-refractivity contribution in [2.75, 3.05) is 6.61 Å². The van der Waals surface area contributed by atoms with Crippen LogP contribution < -0.4 is 15.6 Å². The summed E-state index contributed by atoms with van der Waals surface area (Å²) in [7, 11) is 0. The van der Waals surface area contributed by atoms with E-state index in [1.165, 1.54) is 18.2 Å². The summed E-state index contributed by atoms with van der Waals surface area (Å²) in [5.41, 5.74) is 4.60. The van der Waals surface area contributed by atoms with Gasteiger partial charge in [0.05, 0.1) is 12.0 Å². The number of nitriles is 1. The smallest absolute Gasteiger partial charge is 0.276 e. The van der Waals surface area contributed by atoms with Crippen LogP contribution in [0.15, 0.2) is 42.5 Å². The molecule has 0 unspecified atom stereocenters. The van der Waals surface area contributed by atoms with Crippen LogP contribution in [0.3, 0.4) is 0 Å². The molecule has 0 aliphatic carbocycles. The Bertz CT molecular complexity index is 816. The molecule has 2 aromatic rings. The fraction of sp³-hybridized carbons (Fsp3) is 0.118. The molecule has 0 radical (unpaired) electrons. The topological polar surface area (TPSA) is 91.2 Å². The SMILES string of the molecule is N#Cc1ccccc1OCC(=O)NNC(=O)Cc1c(F)cccc1Cl. The molecule has 0 saturated carbocycles. The second kappa shape index (κ2) is 8.66. The van der Waals surface area contributed by atoms with Crippen molar-refractivity contribution in [2.24, 2.45) is 0 Å². The fourth-order valence-electron chi connectivity index (χ4n) is 1.91. The molecule has 0 bridgehead atoms. The molecule has 0 saturated heterocycles. The van der Waals surface area contributed by atoms with E-state index in [0.29, 0.717) is 0 Å². The highest BCUT2D eigenvalue weighted by molar-refractivity contribution is 6.31. The molecule has 128 valence electrons. The van der Waals surface area contributed by atoms with Crippen LogP contribution in [0.25, 0.3) is 0 Å². The number of amides is 2. The summed E-state index contributed by atoms with van der Waals surface area (Å²) in [4.78, 5) is 23.4. The van der Waals surface area contributed by atoms with Crippen molar-refractivity contribution in [2.45, 2.75) is 6.42 Å². The van der Waals surface area contributed by atoms with E-state index in [1.54, 1.807) is 24.3 Å². The summed E-state index contributed by atoms with van der Waals surface area (Å²) in [6.07, 6.45) is -0.329. The van der Waals surface area contributed by atoms with Crippen molar-refractivity contribution in [3.05, 3.63) is 64.4 Å². The Balaban J connectivity index is 1.82. The summed E-state index contributed by atoms with van der Waals surface area (Å²) >= 11 is 5.83. The van der Waals surface area contributed by atoms with E-state index in [2.05, 4.69) is 10.9 Å². The minimum atomic E-state index is -0.641. The summed E-state index contributed by atoms with van der Waals surface area (Å²) in [6, 6.07) is 12.4. The summed E-state index contributed by atoms with van der Waals surface area (Å²) in [5, 5.41) is 9.04. The molecule has 2 aromatic carbocycles. The summed E-state index contributed by atoms with van der Waals surface area (Å²) in [6.45, 7) is -0.403. The van der Waals surface area contributed by atoms with Gasteiger partial charge in [-0.1, -0.05) is 29.8 Å². The van der Waals surface area contributed by atoms with Crippen molar-refractivity contribution in [3.8, 4) is 11.8 Å². The van der Waals surface area contributed by atoms with Crippen molar-refractivity contribution in [1.82, 2.24) is 10.9 Å². The third-order valence-electron chi connectivity index (χ3n) is 3.11. The zero-order chi connectivity index (χ0) is 18.2. The van der Waals surface area contributed by atoms with Gasteiger partial charge in [0.25, 0.3) is 5.91 Å². The van der Waals surface area contributed by atoms with Crippen LogP contribution >= 0.6 is 11.6 Å². The molecule has 2 amide bonds. The second-order valence-electron chi connectivity index (χ2n) is 4.87. The molecule has 0 heterocycles. The molecule has 0 fully saturated rings. The lowest BCUT2D eigenvalue weighted by molar-refractivity contribution is -0.129. The monoisotopic (exact) mass is 361 g/mol. The Hall–Kier alpha value is -3.11. The normalized spacial score (nSPS) is 9.80. The van der Waals surface area contributed by atoms with Gasteiger partial charge in [-0.2, -0.15) is 5.26 Å². The number of benzene rings is 2. The summed E-state index contributed by atoms with van der Waals surface area (Å²) < 4.78 is 18.8. The molecular formula is C17H13ClFN3O3. The Morgan fingerprint density at radius 3 is 2.56 bits per heavy atom. The number of halogens is 2. The molecule has 0 aromatic heterocycles. The van der Waals surface area contributed by atoms with Gasteiger partial charge in [-0.15, -0.1) is 0 Å². The van der Waals surface area contributed by atoms with E-state index in [0.717, 1.165) is 0 Å². The van der Waals surface area contributed by atoms with Gasteiger partial charge in [0.1, 0.15) is 17.6 Å². The lowest BCUT2D eigenvalue weighted by atomic mass is 10.1. The van der Waals surface area contributed by atoms with Gasteiger partial charge < -0.3 is 4.74 Å². The van der Waals surface area contributed by atoms with Crippen LogP contribution in [0.2, 0.25) is 5.02 Å². The predicted octanol–water partition coefficient (Wildman–Crippen LogP) is 2.12. The number of carbonyl (C=O) groups excluding carboxylic acids is 2. The zero-order valence-corrected chi connectivity index (χ0v) is 13.6. The molecule has 2 N–H and O–H groups in total. The first-order valence-corrected chi connectivity index (χ1v) is 7.51. The number of carbonyl (C=O) groups is 2. The maximum absolute atomic E-state index is 13.6. The van der Waals surface area contributed by atoms with E-state index < -0.39 is 24.2 Å². The number of rotatable bonds is 5. The van der Waals surface area contributed by atoms with Gasteiger partial charge in [-0.3, -0.25) is 20.4 Å². The van der Waals surface area contributed by atoms with E-state index in [4.69, 9.17) is 21.6 Å². The molecule has 0 aliphatic rings. The lowest BCUT2D eigenvalue weighted by Gasteiger charge is -2.10. The van der Waals surface area contributed by atoms with Crippen molar-refractivity contribution in [3.63, 3.8) is 0 Å². The highest BCUT2D eigenvalue weighted by Gasteiger charge is 2.13. The number of nitrogens with zero attached hydrogens (tertiary/aromatic N) is 1. The Morgan fingerprint density at radius 2 is 1.84 bits per heavy atom. The second-order valence-corrected chi connectivity index (χ2v) is 5.28. The van der Waals surface area contributed by atoms with E-state index in [9.17, 15) is 14.0 Å². The number of hydrogen-bond acceptors (Lipinski definition) is 4. The Kier molecular flexibility index (Phi) is 6.32. The molecular weight excluding hydrogens is 349 g/mol. The number of ether oxygens (including phenoxy) is 1. The van der Waals surface area contributed by atoms with E-state index in [-0.39, 0.29) is 28.3 Å². The summed E-state index contributed by atoms with van der Waals surface area (Å²) in [5.74, 6) is -1.63. The first-order valence-electron chi connectivity index (χ1n) is 7.13. The van der Waals surface area contributed by atoms with Crippen LogP contribution in [-0.2, 0) is 16.0 Å². The number of para-hydroxylation sites is 1. The molecule has 25 heavy (non-hydrogen) atoms. The van der Waals surface area contributed by atoms with Crippen molar-refractivity contribution < 1.29 is 18.7 Å². The van der Waals surface area contributed by atoms with Crippen LogP contribution in [-0.4, -0.2) is 18.4 Å². The predicted molar refractivity (Wildman–Crippen MR) is 88.1 cm³/mol. The van der Waals surface area contributed by atoms with E-state index in [1.807, 2.05) is 6.07 Å². The van der Waals surface area contributed by atoms with Gasteiger partial charge in [-0.05, 0) is 24.3 Å². The largest absolute Gasteiger partial charge is 0.482 e. The highest BCUT2D eigenvalue weighted by atomic mass is 35.5. The van der Waals surface area contributed by atoms with Crippen LogP contribution in [0.4, 0.5) is 4.39 Å². The standard InChI is InChI=1S/C17H13ClFN3O3/c18-13-5-3-6-14(19)12(13)8-16(23)21-22-17(24)10-25-15-7-2-1-4-11(15)9-20/h1-7H,8,10H2,(H,21,23)(H,22,24). The number of hydrogen-bond donors (Lipinski definition) is 2. The third-order valence-corrected chi connectivity index (χ3v) is 3.46.